The van der Waals surface area contributed by atoms with Gasteiger partial charge in [0, 0.05) is 69.2 Å². The predicted molar refractivity (Wildman–Crippen MR) is 20.6 cm³/mol. The number of aliphatic carboxylic acids is 1. The van der Waals surface area contributed by atoms with E-state index in [9.17, 15) is 0 Å². The molecule has 0 aromatic carbocycles. The van der Waals surface area contributed by atoms with Crippen molar-refractivity contribution in [3.63, 3.8) is 0 Å². The summed E-state index contributed by atoms with van der Waals surface area (Å²) in [4.78, 5) is 9.00. The van der Waals surface area contributed by atoms with Crippen LogP contribution in [0.25, 0.3) is 0 Å². The van der Waals surface area contributed by atoms with E-state index in [1.807, 2.05) is 0 Å². The van der Waals surface area contributed by atoms with Crippen molar-refractivity contribution in [3.05, 3.63) is 0 Å². The van der Waals surface area contributed by atoms with E-state index >= 15 is 0 Å². The third-order valence-corrected chi connectivity index (χ3v) is 0. The first kappa shape index (κ1) is 23.2. The van der Waals surface area contributed by atoms with Gasteiger partial charge in [-0.3, -0.25) is 4.79 Å². The van der Waals surface area contributed by atoms with Gasteiger partial charge in [-0.05, 0) is 0 Å². The molecule has 51 valence electrons. The number of carboxylic acid groups (broad SMARTS) is 1. The van der Waals surface area contributed by atoms with Crippen molar-refractivity contribution < 1.29 is 72.2 Å². The average molecular weight is 362 g/mol. The summed E-state index contributed by atoms with van der Waals surface area (Å²) in [6.07, 6.45) is 0. The number of rotatable bonds is 0. The van der Waals surface area contributed by atoms with E-state index in [1.165, 1.54) is 0 Å². The SMILES string of the molecule is CC(=O)O.Cl.[Ag].[Gd]. The molecular weight excluding hydrogens is 357 g/mol. The minimum atomic E-state index is -0.833. The molecule has 0 saturated carbocycles. The second-order valence-corrected chi connectivity index (χ2v) is 0.519. The van der Waals surface area contributed by atoms with E-state index in [0.717, 1.165) is 6.92 Å². The van der Waals surface area contributed by atoms with Crippen molar-refractivity contribution in [1.29, 1.82) is 0 Å². The maximum Gasteiger partial charge on any atom is 0.300 e. The van der Waals surface area contributed by atoms with Crippen LogP contribution in [-0.4, -0.2) is 11.1 Å². The largest absolute Gasteiger partial charge is 0.481 e. The first-order chi connectivity index (χ1) is 1.73. The molecule has 0 amide bonds. The van der Waals surface area contributed by atoms with Gasteiger partial charge >= 0.3 is 0 Å². The minimum Gasteiger partial charge on any atom is -0.481 e. The third-order valence-electron chi connectivity index (χ3n) is 0. The summed E-state index contributed by atoms with van der Waals surface area (Å²) in [6.45, 7) is 1.08. The fraction of sp³-hybridized carbons (Fsp3) is 0.500. The summed E-state index contributed by atoms with van der Waals surface area (Å²) in [5.74, 6) is -0.833. The van der Waals surface area contributed by atoms with Crippen LogP contribution in [-0.2, 0) is 27.2 Å². The molecule has 0 rings (SSSR count). The predicted octanol–water partition coefficient (Wildman–Crippen LogP) is 0.510. The summed E-state index contributed by atoms with van der Waals surface area (Å²) < 4.78 is 0. The zero-order valence-corrected chi connectivity index (χ0v) is 7.99. The molecule has 0 spiro atoms. The molecular formula is C2H5AgClGdO2. The number of halogens is 1. The number of carboxylic acids is 1. The van der Waals surface area contributed by atoms with Crippen LogP contribution in [0.5, 0.6) is 0 Å². The smallest absolute Gasteiger partial charge is 0.300 e. The molecule has 0 atom stereocenters. The van der Waals surface area contributed by atoms with Crippen LogP contribution in [0.1, 0.15) is 6.92 Å². The summed E-state index contributed by atoms with van der Waals surface area (Å²) in [5.41, 5.74) is 0. The normalized spacial score (nSPS) is 3.57. The monoisotopic (exact) mass is 361 g/mol. The van der Waals surface area contributed by atoms with E-state index in [1.54, 1.807) is 0 Å². The van der Waals surface area contributed by atoms with Crippen molar-refractivity contribution in [3.8, 4) is 0 Å². The summed E-state index contributed by atoms with van der Waals surface area (Å²) >= 11 is 0. The van der Waals surface area contributed by atoms with Gasteiger partial charge in [-0.15, -0.1) is 12.4 Å². The molecule has 0 bridgehead atoms. The van der Waals surface area contributed by atoms with Gasteiger partial charge < -0.3 is 5.11 Å². The van der Waals surface area contributed by atoms with Gasteiger partial charge in [-0.2, -0.15) is 0 Å². The van der Waals surface area contributed by atoms with Crippen LogP contribution < -0.4 is 0 Å². The van der Waals surface area contributed by atoms with Gasteiger partial charge in [0.05, 0.1) is 0 Å². The molecule has 0 aromatic rings. The van der Waals surface area contributed by atoms with Crippen molar-refractivity contribution in [2.45, 2.75) is 6.92 Å². The van der Waals surface area contributed by atoms with E-state index < -0.39 is 5.97 Å². The van der Waals surface area contributed by atoms with Crippen LogP contribution in [0, 0.1) is 39.9 Å². The van der Waals surface area contributed by atoms with Crippen molar-refractivity contribution >= 4 is 18.4 Å². The van der Waals surface area contributed by atoms with Gasteiger partial charge in [0.25, 0.3) is 5.97 Å². The Labute approximate surface area is 96.0 Å². The Kier molecular flexibility index (Phi) is 51.9. The third kappa shape index (κ3) is 79.7. The standard InChI is InChI=1S/C2H4O2.Ag.ClH.Gd/c1-2(3)4;;;/h1H3,(H,3,4);;1H;. The molecule has 0 aliphatic heterocycles. The van der Waals surface area contributed by atoms with Crippen molar-refractivity contribution in [1.82, 2.24) is 0 Å². The first-order valence-corrected chi connectivity index (χ1v) is 0.928. The minimum absolute atomic E-state index is 0. The Morgan fingerprint density at radius 2 is 1.57 bits per heavy atom. The molecule has 0 saturated heterocycles. The van der Waals surface area contributed by atoms with Crippen molar-refractivity contribution in [2.75, 3.05) is 0 Å². The van der Waals surface area contributed by atoms with Crippen molar-refractivity contribution in [2.24, 2.45) is 0 Å². The van der Waals surface area contributed by atoms with Crippen LogP contribution in [0.2, 0.25) is 0 Å². The topological polar surface area (TPSA) is 37.3 Å². The van der Waals surface area contributed by atoms with Crippen LogP contribution in [0.3, 0.4) is 0 Å². The van der Waals surface area contributed by atoms with E-state index in [2.05, 4.69) is 0 Å². The molecule has 0 aliphatic carbocycles. The van der Waals surface area contributed by atoms with Crippen LogP contribution in [0.4, 0.5) is 0 Å². The van der Waals surface area contributed by atoms with Crippen LogP contribution in [0.15, 0.2) is 0 Å². The summed E-state index contributed by atoms with van der Waals surface area (Å²) in [5, 5.41) is 7.42. The molecule has 7 heavy (non-hydrogen) atoms. The van der Waals surface area contributed by atoms with E-state index in [-0.39, 0.29) is 74.7 Å². The van der Waals surface area contributed by atoms with Gasteiger partial charge in [-0.1, -0.05) is 0 Å². The quantitative estimate of drug-likeness (QED) is 0.639. The second kappa shape index (κ2) is 15.7. The molecule has 2 nitrogen and oxygen atoms in total. The van der Waals surface area contributed by atoms with Gasteiger partial charge in [0.1, 0.15) is 0 Å². The molecule has 1 N–H and O–H groups in total. The zero-order valence-electron chi connectivity index (χ0n) is 3.42. The Morgan fingerprint density at radius 1 is 1.57 bits per heavy atom. The average Bonchev–Trinajstić information content (AvgIpc) is 0.811. The number of hydrogen-bond donors (Lipinski definition) is 1. The molecule has 5 heteroatoms. The second-order valence-electron chi connectivity index (χ2n) is 0.519. The fourth-order valence-corrected chi connectivity index (χ4v) is 0. The summed E-state index contributed by atoms with van der Waals surface area (Å²) in [7, 11) is 0. The molecule has 0 heterocycles. The Bertz CT molecular complexity index is 38.7. The van der Waals surface area contributed by atoms with Gasteiger partial charge in [0.15, 0.2) is 0 Å². The Morgan fingerprint density at radius 3 is 1.57 bits per heavy atom. The molecule has 0 aromatic heterocycles. The van der Waals surface area contributed by atoms with Crippen LogP contribution >= 0.6 is 12.4 Å². The molecule has 1 radical (unpaired) electrons. The number of carbonyl (C=O) groups is 1. The molecule has 0 fully saturated rings. The fourth-order valence-electron chi connectivity index (χ4n) is 0. The van der Waals surface area contributed by atoms with E-state index in [0.29, 0.717) is 0 Å². The first-order valence-electron chi connectivity index (χ1n) is 0.928. The Balaban J connectivity index is -0.0000000150. The van der Waals surface area contributed by atoms with Gasteiger partial charge in [-0.25, -0.2) is 0 Å². The maximum absolute atomic E-state index is 9.00. The maximum atomic E-state index is 9.00. The van der Waals surface area contributed by atoms with Gasteiger partial charge in [0.2, 0.25) is 0 Å². The molecule has 0 aliphatic rings. The molecule has 0 unspecified atom stereocenters. The summed E-state index contributed by atoms with van der Waals surface area (Å²) in [6, 6.07) is 0. The Hall–Kier alpha value is 1.82. The zero-order chi connectivity index (χ0) is 3.58. The van der Waals surface area contributed by atoms with E-state index in [4.69, 9.17) is 9.90 Å². The number of hydrogen-bond acceptors (Lipinski definition) is 1.